The molecule has 0 bridgehead atoms. The summed E-state index contributed by atoms with van der Waals surface area (Å²) in [6.45, 7) is 1.94. The van der Waals surface area contributed by atoms with E-state index in [-0.39, 0.29) is 0 Å². The van der Waals surface area contributed by atoms with E-state index < -0.39 is 0 Å². The van der Waals surface area contributed by atoms with Crippen molar-refractivity contribution in [3.63, 3.8) is 0 Å². The Bertz CT molecular complexity index is 645. The first kappa shape index (κ1) is 14.1. The highest BCUT2D eigenvalue weighted by atomic mass is 35.5. The average Bonchev–Trinajstić information content (AvgIpc) is 2.42. The topological polar surface area (TPSA) is 85.4 Å². The van der Waals surface area contributed by atoms with E-state index in [4.69, 9.17) is 17.3 Å². The van der Waals surface area contributed by atoms with Gasteiger partial charge in [-0.2, -0.15) is 0 Å². The van der Waals surface area contributed by atoms with E-state index in [0.29, 0.717) is 22.2 Å². The van der Waals surface area contributed by atoms with Gasteiger partial charge in [-0.25, -0.2) is 9.97 Å². The standard InChI is InChI=1S/C13H14ClN5O/c1-8-3-4-9(5-11(8)14)19-13-10(6-18-20-2)12(15)16-7-17-13/h3-7H,1-2H3,(H3,15,16,17,19)/b18-6+. The molecule has 1 aromatic carbocycles. The van der Waals surface area contributed by atoms with Crippen LogP contribution in [0.2, 0.25) is 5.02 Å². The van der Waals surface area contributed by atoms with E-state index in [9.17, 15) is 0 Å². The molecule has 0 aliphatic heterocycles. The summed E-state index contributed by atoms with van der Waals surface area (Å²) in [5.74, 6) is 0.833. The Morgan fingerprint density at radius 2 is 2.20 bits per heavy atom. The zero-order valence-electron chi connectivity index (χ0n) is 11.1. The lowest BCUT2D eigenvalue weighted by Crippen LogP contribution is -2.05. The van der Waals surface area contributed by atoms with Crippen LogP contribution in [0.5, 0.6) is 0 Å². The molecule has 0 saturated heterocycles. The van der Waals surface area contributed by atoms with E-state index in [2.05, 4.69) is 25.3 Å². The van der Waals surface area contributed by atoms with E-state index in [1.165, 1.54) is 19.7 Å². The maximum absolute atomic E-state index is 6.09. The molecule has 0 spiro atoms. The molecule has 0 amide bonds. The van der Waals surface area contributed by atoms with Crippen LogP contribution >= 0.6 is 11.6 Å². The molecule has 7 heteroatoms. The number of oxime groups is 1. The summed E-state index contributed by atoms with van der Waals surface area (Å²) in [5, 5.41) is 7.48. The average molecular weight is 292 g/mol. The molecule has 0 atom stereocenters. The third-order valence-electron chi connectivity index (χ3n) is 2.64. The van der Waals surface area contributed by atoms with Crippen LogP contribution < -0.4 is 11.1 Å². The number of nitrogens with one attached hydrogen (secondary N) is 1. The summed E-state index contributed by atoms with van der Waals surface area (Å²) in [4.78, 5) is 12.7. The first-order valence-electron chi connectivity index (χ1n) is 5.82. The number of hydrogen-bond donors (Lipinski definition) is 2. The van der Waals surface area contributed by atoms with Crippen molar-refractivity contribution in [1.29, 1.82) is 0 Å². The van der Waals surface area contributed by atoms with Gasteiger partial charge in [-0.15, -0.1) is 0 Å². The summed E-state index contributed by atoms with van der Waals surface area (Å²) in [5.41, 5.74) is 8.15. The van der Waals surface area contributed by atoms with Crippen LogP contribution in [0, 0.1) is 6.92 Å². The van der Waals surface area contributed by atoms with Crippen LogP contribution in [0.15, 0.2) is 29.7 Å². The molecule has 0 aliphatic rings. The van der Waals surface area contributed by atoms with Gasteiger partial charge in [0.25, 0.3) is 0 Å². The van der Waals surface area contributed by atoms with E-state index in [1.807, 2.05) is 25.1 Å². The Kier molecular flexibility index (Phi) is 4.37. The number of aryl methyl sites for hydroxylation is 1. The fourth-order valence-electron chi connectivity index (χ4n) is 1.55. The molecule has 6 nitrogen and oxygen atoms in total. The van der Waals surface area contributed by atoms with E-state index in [1.54, 1.807) is 0 Å². The highest BCUT2D eigenvalue weighted by molar-refractivity contribution is 6.31. The van der Waals surface area contributed by atoms with Crippen molar-refractivity contribution in [2.75, 3.05) is 18.2 Å². The van der Waals surface area contributed by atoms with Crippen LogP contribution in [-0.2, 0) is 4.84 Å². The second-order valence-corrected chi connectivity index (χ2v) is 4.43. The van der Waals surface area contributed by atoms with Gasteiger partial charge in [0.2, 0.25) is 0 Å². The monoisotopic (exact) mass is 291 g/mol. The van der Waals surface area contributed by atoms with Gasteiger partial charge in [0.05, 0.1) is 11.8 Å². The van der Waals surface area contributed by atoms with Gasteiger partial charge >= 0.3 is 0 Å². The molecule has 20 heavy (non-hydrogen) atoms. The summed E-state index contributed by atoms with van der Waals surface area (Å²) in [7, 11) is 1.45. The van der Waals surface area contributed by atoms with Gasteiger partial charge in [0.15, 0.2) is 0 Å². The molecule has 1 aromatic heterocycles. The van der Waals surface area contributed by atoms with Gasteiger partial charge in [-0.05, 0) is 24.6 Å². The van der Waals surface area contributed by atoms with Crippen molar-refractivity contribution in [3.8, 4) is 0 Å². The highest BCUT2D eigenvalue weighted by Gasteiger charge is 2.08. The number of hydrogen-bond acceptors (Lipinski definition) is 6. The summed E-state index contributed by atoms with van der Waals surface area (Å²) >= 11 is 6.09. The molecule has 0 aliphatic carbocycles. The highest BCUT2D eigenvalue weighted by Crippen LogP contribution is 2.24. The quantitative estimate of drug-likeness (QED) is 0.668. The summed E-state index contributed by atoms with van der Waals surface area (Å²) in [6, 6.07) is 5.63. The van der Waals surface area contributed by atoms with Crippen molar-refractivity contribution >= 4 is 35.1 Å². The number of anilines is 3. The van der Waals surface area contributed by atoms with E-state index >= 15 is 0 Å². The Hall–Kier alpha value is -2.34. The third-order valence-corrected chi connectivity index (χ3v) is 3.04. The zero-order chi connectivity index (χ0) is 14.5. The number of aromatic nitrogens is 2. The van der Waals surface area contributed by atoms with Crippen LogP contribution in [0.25, 0.3) is 0 Å². The number of nitrogens with zero attached hydrogens (tertiary/aromatic N) is 3. The molecule has 0 saturated carbocycles. The number of halogens is 1. The minimum absolute atomic E-state index is 0.307. The lowest BCUT2D eigenvalue weighted by atomic mass is 10.2. The van der Waals surface area contributed by atoms with Crippen LogP contribution in [0.3, 0.4) is 0 Å². The SMILES string of the molecule is CO/N=C/c1c(N)ncnc1Nc1ccc(C)c(Cl)c1. The maximum atomic E-state index is 6.09. The smallest absolute Gasteiger partial charge is 0.144 e. The van der Waals surface area contributed by atoms with Gasteiger partial charge in [-0.1, -0.05) is 22.8 Å². The first-order valence-corrected chi connectivity index (χ1v) is 6.19. The minimum Gasteiger partial charge on any atom is -0.399 e. The second kappa shape index (κ2) is 6.21. The van der Waals surface area contributed by atoms with Gasteiger partial charge in [-0.3, -0.25) is 0 Å². The molecule has 0 fully saturated rings. The Balaban J connectivity index is 2.35. The molecule has 104 valence electrons. The molecular weight excluding hydrogens is 278 g/mol. The van der Waals surface area contributed by atoms with Crippen molar-refractivity contribution in [2.24, 2.45) is 5.16 Å². The van der Waals surface area contributed by atoms with Crippen molar-refractivity contribution in [3.05, 3.63) is 40.7 Å². The third kappa shape index (κ3) is 3.16. The Labute approximate surface area is 121 Å². The number of nitrogen functional groups attached to an aromatic ring is 1. The van der Waals surface area contributed by atoms with Crippen molar-refractivity contribution in [1.82, 2.24) is 9.97 Å². The van der Waals surface area contributed by atoms with Crippen molar-refractivity contribution < 1.29 is 4.84 Å². The number of benzene rings is 1. The Morgan fingerprint density at radius 3 is 2.90 bits per heavy atom. The van der Waals surface area contributed by atoms with Crippen LogP contribution in [0.4, 0.5) is 17.3 Å². The number of nitrogens with two attached hydrogens (primary N) is 1. The molecule has 2 rings (SSSR count). The van der Waals surface area contributed by atoms with Crippen LogP contribution in [-0.4, -0.2) is 23.3 Å². The lowest BCUT2D eigenvalue weighted by molar-refractivity contribution is 0.215. The Morgan fingerprint density at radius 1 is 1.40 bits per heavy atom. The largest absolute Gasteiger partial charge is 0.399 e. The molecule has 3 N–H and O–H groups in total. The maximum Gasteiger partial charge on any atom is 0.144 e. The summed E-state index contributed by atoms with van der Waals surface area (Å²) in [6.07, 6.45) is 2.82. The second-order valence-electron chi connectivity index (χ2n) is 4.03. The zero-order valence-corrected chi connectivity index (χ0v) is 11.8. The van der Waals surface area contributed by atoms with Gasteiger partial charge in [0, 0.05) is 10.7 Å². The van der Waals surface area contributed by atoms with Crippen LogP contribution in [0.1, 0.15) is 11.1 Å². The minimum atomic E-state index is 0.307. The van der Waals surface area contributed by atoms with Gasteiger partial charge in [0.1, 0.15) is 25.1 Å². The summed E-state index contributed by atoms with van der Waals surface area (Å²) < 4.78 is 0. The molecule has 0 radical (unpaired) electrons. The predicted octanol–water partition coefficient (Wildman–Crippen LogP) is 2.74. The fraction of sp³-hybridized carbons (Fsp3) is 0.154. The van der Waals surface area contributed by atoms with E-state index in [0.717, 1.165) is 11.3 Å². The molecule has 0 unspecified atom stereocenters. The first-order chi connectivity index (χ1) is 9.61. The molecule has 1 heterocycles. The normalized spacial score (nSPS) is 10.8. The molecule has 2 aromatic rings. The van der Waals surface area contributed by atoms with Crippen molar-refractivity contribution in [2.45, 2.75) is 6.92 Å². The number of rotatable bonds is 4. The lowest BCUT2D eigenvalue weighted by Gasteiger charge is -2.10. The molecular formula is C13H14ClN5O. The fourth-order valence-corrected chi connectivity index (χ4v) is 1.73. The predicted molar refractivity (Wildman–Crippen MR) is 80.5 cm³/mol. The van der Waals surface area contributed by atoms with Gasteiger partial charge < -0.3 is 15.9 Å².